The molecule has 7 heteroatoms. The number of guanidine groups is 1. The Hall–Kier alpha value is -1.60. The number of hydrogen-bond acceptors (Lipinski definition) is 3. The van der Waals surface area contributed by atoms with Crippen LogP contribution < -0.4 is 10.0 Å². The molecular weight excluding hydrogens is 348 g/mol. The van der Waals surface area contributed by atoms with Crippen LogP contribution in [-0.4, -0.2) is 51.2 Å². The Labute approximate surface area is 158 Å². The third-order valence-electron chi connectivity index (χ3n) is 4.46. The summed E-state index contributed by atoms with van der Waals surface area (Å²) in [6.45, 7) is 9.82. The van der Waals surface area contributed by atoms with Crippen LogP contribution in [0.2, 0.25) is 0 Å². The zero-order valence-corrected chi connectivity index (χ0v) is 16.9. The zero-order chi connectivity index (χ0) is 19.0. The minimum atomic E-state index is -3.35. The normalized spacial score (nSPS) is 21.7. The molecule has 1 aromatic carbocycles. The largest absolute Gasteiger partial charge is 0.357 e. The molecule has 0 aliphatic carbocycles. The van der Waals surface area contributed by atoms with Crippen molar-refractivity contribution in [3.8, 4) is 0 Å². The van der Waals surface area contributed by atoms with Crippen molar-refractivity contribution in [2.75, 3.05) is 31.9 Å². The van der Waals surface area contributed by atoms with Gasteiger partial charge in [-0.3, -0.25) is 4.99 Å². The second kappa shape index (κ2) is 9.92. The highest BCUT2D eigenvalue weighted by Gasteiger charge is 2.24. The number of sulfonamides is 1. The van der Waals surface area contributed by atoms with Gasteiger partial charge in [-0.05, 0) is 30.7 Å². The second-order valence-corrected chi connectivity index (χ2v) is 9.14. The summed E-state index contributed by atoms with van der Waals surface area (Å²) in [5, 5.41) is 3.30. The molecule has 26 heavy (non-hydrogen) atoms. The monoisotopic (exact) mass is 380 g/mol. The first-order valence-electron chi connectivity index (χ1n) is 9.44. The van der Waals surface area contributed by atoms with Crippen molar-refractivity contribution in [3.63, 3.8) is 0 Å². The van der Waals surface area contributed by atoms with Gasteiger partial charge < -0.3 is 10.2 Å². The van der Waals surface area contributed by atoms with Gasteiger partial charge in [0.2, 0.25) is 10.0 Å². The van der Waals surface area contributed by atoms with Crippen LogP contribution in [0.15, 0.2) is 35.3 Å². The molecule has 0 bridgehead atoms. The molecule has 0 aromatic heterocycles. The molecule has 2 N–H and O–H groups in total. The van der Waals surface area contributed by atoms with Crippen molar-refractivity contribution in [3.05, 3.63) is 35.9 Å². The van der Waals surface area contributed by atoms with Crippen molar-refractivity contribution >= 4 is 16.0 Å². The van der Waals surface area contributed by atoms with Gasteiger partial charge >= 0.3 is 0 Å². The summed E-state index contributed by atoms with van der Waals surface area (Å²) >= 11 is 0. The lowest BCUT2D eigenvalue weighted by Gasteiger charge is -2.37. The van der Waals surface area contributed by atoms with Crippen molar-refractivity contribution in [1.82, 2.24) is 14.9 Å². The number of aliphatic imine (C=N–C) groups is 1. The van der Waals surface area contributed by atoms with Gasteiger partial charge in [0.25, 0.3) is 0 Å². The van der Waals surface area contributed by atoms with E-state index >= 15 is 0 Å². The van der Waals surface area contributed by atoms with E-state index in [0.717, 1.165) is 31.2 Å². The Balaban J connectivity index is 1.90. The van der Waals surface area contributed by atoms with Crippen LogP contribution in [0.25, 0.3) is 0 Å². The molecule has 0 saturated carbocycles. The van der Waals surface area contributed by atoms with Crippen molar-refractivity contribution in [2.45, 2.75) is 33.7 Å². The van der Waals surface area contributed by atoms with Crippen LogP contribution in [0.1, 0.15) is 32.8 Å². The van der Waals surface area contributed by atoms with Crippen molar-refractivity contribution in [2.24, 2.45) is 16.8 Å². The van der Waals surface area contributed by atoms with Gasteiger partial charge in [0, 0.05) is 26.2 Å². The van der Waals surface area contributed by atoms with Crippen LogP contribution in [0, 0.1) is 11.8 Å². The van der Waals surface area contributed by atoms with E-state index in [9.17, 15) is 8.42 Å². The highest BCUT2D eigenvalue weighted by molar-refractivity contribution is 7.89. The maximum absolute atomic E-state index is 12.2. The van der Waals surface area contributed by atoms with Crippen molar-refractivity contribution in [1.29, 1.82) is 0 Å². The number of rotatable bonds is 7. The Morgan fingerprint density at radius 3 is 2.46 bits per heavy atom. The fraction of sp³-hybridized carbons (Fsp3) is 0.632. The summed E-state index contributed by atoms with van der Waals surface area (Å²) < 4.78 is 27.1. The Morgan fingerprint density at radius 2 is 1.85 bits per heavy atom. The molecule has 2 atom stereocenters. The van der Waals surface area contributed by atoms with Gasteiger partial charge in [-0.1, -0.05) is 44.2 Å². The van der Waals surface area contributed by atoms with E-state index in [1.54, 1.807) is 0 Å². The average molecular weight is 381 g/mol. The number of piperidine rings is 1. The van der Waals surface area contributed by atoms with Gasteiger partial charge in [-0.15, -0.1) is 0 Å². The van der Waals surface area contributed by atoms with E-state index in [4.69, 9.17) is 0 Å². The van der Waals surface area contributed by atoms with Gasteiger partial charge in [-0.25, -0.2) is 13.1 Å². The van der Waals surface area contributed by atoms with E-state index in [1.807, 2.05) is 37.3 Å². The topological polar surface area (TPSA) is 73.8 Å². The lowest BCUT2D eigenvalue weighted by atomic mass is 9.92. The summed E-state index contributed by atoms with van der Waals surface area (Å²) in [5.74, 6) is 2.06. The first kappa shape index (κ1) is 20.7. The Kier molecular flexibility index (Phi) is 7.90. The smallest absolute Gasteiger partial charge is 0.213 e. The predicted molar refractivity (Wildman–Crippen MR) is 108 cm³/mol. The standard InChI is InChI=1S/C19H32N4O2S/c1-4-20-19(23-14-16(2)12-17(3)15-23)21-10-11-26(24,25)22-13-18-8-6-5-7-9-18/h5-9,16-17,22H,4,10-15H2,1-3H3,(H,20,21). The Morgan fingerprint density at radius 1 is 1.19 bits per heavy atom. The third-order valence-corrected chi connectivity index (χ3v) is 5.77. The number of likely N-dealkylation sites (tertiary alicyclic amines) is 1. The quantitative estimate of drug-likeness (QED) is 0.561. The predicted octanol–water partition coefficient (Wildman–Crippen LogP) is 2.05. The number of benzene rings is 1. The van der Waals surface area contributed by atoms with Gasteiger partial charge in [0.05, 0.1) is 12.3 Å². The summed E-state index contributed by atoms with van der Waals surface area (Å²) in [4.78, 5) is 6.81. The van der Waals surface area contributed by atoms with Crippen LogP contribution in [0.5, 0.6) is 0 Å². The summed E-state index contributed by atoms with van der Waals surface area (Å²) in [5.41, 5.74) is 0.948. The molecule has 0 spiro atoms. The van der Waals surface area contributed by atoms with Crippen molar-refractivity contribution < 1.29 is 8.42 Å². The lowest BCUT2D eigenvalue weighted by molar-refractivity contribution is 0.208. The minimum Gasteiger partial charge on any atom is -0.357 e. The molecule has 1 saturated heterocycles. The third kappa shape index (κ3) is 6.96. The highest BCUT2D eigenvalue weighted by Crippen LogP contribution is 2.20. The van der Waals surface area contributed by atoms with Gasteiger partial charge in [0.1, 0.15) is 0 Å². The van der Waals surface area contributed by atoms with E-state index in [2.05, 4.69) is 33.8 Å². The molecule has 1 aliphatic heterocycles. The van der Waals surface area contributed by atoms with Crippen LogP contribution in [0.4, 0.5) is 0 Å². The number of nitrogens with zero attached hydrogens (tertiary/aromatic N) is 2. The SMILES string of the molecule is CCNC(=NCCS(=O)(=O)NCc1ccccc1)N1CC(C)CC(C)C1. The highest BCUT2D eigenvalue weighted by atomic mass is 32.2. The van der Waals surface area contributed by atoms with Crippen LogP contribution in [-0.2, 0) is 16.6 Å². The summed E-state index contributed by atoms with van der Waals surface area (Å²) in [7, 11) is -3.35. The maximum atomic E-state index is 12.2. The molecule has 6 nitrogen and oxygen atoms in total. The van der Waals surface area contributed by atoms with E-state index < -0.39 is 10.0 Å². The fourth-order valence-corrected chi connectivity index (χ4v) is 4.26. The molecule has 1 aliphatic rings. The van der Waals surface area contributed by atoms with Crippen LogP contribution >= 0.6 is 0 Å². The van der Waals surface area contributed by atoms with Crippen LogP contribution in [0.3, 0.4) is 0 Å². The van der Waals surface area contributed by atoms with E-state index in [1.165, 1.54) is 6.42 Å². The molecule has 1 aromatic rings. The molecule has 1 fully saturated rings. The van der Waals surface area contributed by atoms with E-state index in [-0.39, 0.29) is 12.3 Å². The molecule has 2 unspecified atom stereocenters. The first-order chi connectivity index (χ1) is 12.4. The minimum absolute atomic E-state index is 0.00627. The van der Waals surface area contributed by atoms with Gasteiger partial charge in [-0.2, -0.15) is 0 Å². The second-order valence-electron chi connectivity index (χ2n) is 7.21. The molecular formula is C19H32N4O2S. The average Bonchev–Trinajstić information content (AvgIpc) is 2.59. The molecule has 0 radical (unpaired) electrons. The Bertz CT molecular complexity index is 666. The zero-order valence-electron chi connectivity index (χ0n) is 16.1. The summed E-state index contributed by atoms with van der Waals surface area (Å²) in [6.07, 6.45) is 1.23. The fourth-order valence-electron chi connectivity index (χ4n) is 3.39. The van der Waals surface area contributed by atoms with E-state index in [0.29, 0.717) is 18.4 Å². The van der Waals surface area contributed by atoms with Gasteiger partial charge in [0.15, 0.2) is 5.96 Å². The summed E-state index contributed by atoms with van der Waals surface area (Å²) in [6, 6.07) is 9.52. The molecule has 2 rings (SSSR count). The molecule has 0 amide bonds. The molecule has 1 heterocycles. The number of hydrogen-bond donors (Lipinski definition) is 2. The molecule has 146 valence electrons. The maximum Gasteiger partial charge on any atom is 0.213 e. The lowest BCUT2D eigenvalue weighted by Crippen LogP contribution is -2.48. The first-order valence-corrected chi connectivity index (χ1v) is 11.1. The number of nitrogens with one attached hydrogen (secondary N) is 2.